The molecular formula is C5H10F2O. The number of halogens is 2. The van der Waals surface area contributed by atoms with E-state index in [0.29, 0.717) is 0 Å². The van der Waals surface area contributed by atoms with Gasteiger partial charge in [0.25, 0.3) is 0 Å². The van der Waals surface area contributed by atoms with Crippen LogP contribution in [-0.2, 0) is 4.74 Å². The van der Waals surface area contributed by atoms with Crippen LogP contribution in [0.1, 0.15) is 20.8 Å². The topological polar surface area (TPSA) is 9.23 Å². The maximum absolute atomic E-state index is 11.8. The highest BCUT2D eigenvalue weighted by atomic mass is 19.3. The lowest BCUT2D eigenvalue weighted by molar-refractivity contribution is -0.242. The summed E-state index contributed by atoms with van der Waals surface area (Å²) in [6.45, 7) is 3.86. The minimum absolute atomic E-state index is 0.407. The first-order valence-corrected chi connectivity index (χ1v) is 2.47. The Hall–Kier alpha value is -0.180. The molecule has 1 nitrogen and oxygen atoms in total. The van der Waals surface area contributed by atoms with Crippen molar-refractivity contribution in [1.82, 2.24) is 0 Å². The summed E-state index contributed by atoms with van der Waals surface area (Å²) in [6, 6.07) is 0. The van der Waals surface area contributed by atoms with Gasteiger partial charge in [0.1, 0.15) is 0 Å². The molecular weight excluding hydrogens is 114 g/mol. The van der Waals surface area contributed by atoms with Gasteiger partial charge in [-0.25, -0.2) is 0 Å². The summed E-state index contributed by atoms with van der Waals surface area (Å²) < 4.78 is 27.6. The second kappa shape index (κ2) is 2.40. The van der Waals surface area contributed by atoms with Crippen LogP contribution in [0.2, 0.25) is 0 Å². The number of alkyl halides is 2. The molecule has 0 aromatic carbocycles. The van der Waals surface area contributed by atoms with Crippen molar-refractivity contribution in [2.75, 3.05) is 0 Å². The van der Waals surface area contributed by atoms with Gasteiger partial charge in [-0.2, -0.15) is 8.78 Å². The van der Waals surface area contributed by atoms with E-state index in [9.17, 15) is 8.78 Å². The Morgan fingerprint density at radius 3 is 1.75 bits per heavy atom. The van der Waals surface area contributed by atoms with Crippen molar-refractivity contribution in [2.24, 2.45) is 0 Å². The van der Waals surface area contributed by atoms with Crippen LogP contribution in [0.3, 0.4) is 0 Å². The quantitative estimate of drug-likeness (QED) is 0.547. The van der Waals surface area contributed by atoms with Gasteiger partial charge in [-0.1, -0.05) is 0 Å². The number of hydrogen-bond acceptors (Lipinski definition) is 1. The van der Waals surface area contributed by atoms with Gasteiger partial charge in [0, 0.05) is 6.92 Å². The lowest BCUT2D eigenvalue weighted by atomic mass is 10.5. The molecule has 0 atom stereocenters. The molecule has 0 amide bonds. The van der Waals surface area contributed by atoms with Crippen LogP contribution >= 0.6 is 0 Å². The van der Waals surface area contributed by atoms with Crippen molar-refractivity contribution >= 4 is 0 Å². The Bertz CT molecular complexity index is 65.3. The van der Waals surface area contributed by atoms with Crippen molar-refractivity contribution < 1.29 is 13.5 Å². The van der Waals surface area contributed by atoms with Crippen molar-refractivity contribution in [3.8, 4) is 0 Å². The van der Waals surface area contributed by atoms with Crippen LogP contribution in [-0.4, -0.2) is 12.2 Å². The summed E-state index contributed by atoms with van der Waals surface area (Å²) in [4.78, 5) is 0. The van der Waals surface area contributed by atoms with Crippen molar-refractivity contribution in [3.63, 3.8) is 0 Å². The van der Waals surface area contributed by atoms with Gasteiger partial charge in [0.15, 0.2) is 0 Å². The van der Waals surface area contributed by atoms with Gasteiger partial charge in [-0.3, -0.25) is 0 Å². The zero-order valence-corrected chi connectivity index (χ0v) is 5.24. The van der Waals surface area contributed by atoms with Crippen molar-refractivity contribution in [2.45, 2.75) is 33.0 Å². The average molecular weight is 124 g/mol. The predicted molar refractivity (Wildman–Crippen MR) is 26.8 cm³/mol. The fraction of sp³-hybridized carbons (Fsp3) is 1.00. The summed E-state index contributed by atoms with van der Waals surface area (Å²) in [5.74, 6) is 0. The smallest absolute Gasteiger partial charge is 0.318 e. The molecule has 50 valence electrons. The second-order valence-corrected chi connectivity index (χ2v) is 1.97. The summed E-state index contributed by atoms with van der Waals surface area (Å²) in [5, 5.41) is 0. The minimum atomic E-state index is -2.98. The SMILES string of the molecule is CC(C)OC(C)(F)F. The van der Waals surface area contributed by atoms with E-state index in [1.807, 2.05) is 0 Å². The minimum Gasteiger partial charge on any atom is -0.318 e. The van der Waals surface area contributed by atoms with Crippen LogP contribution in [0.4, 0.5) is 8.78 Å². The van der Waals surface area contributed by atoms with E-state index in [4.69, 9.17) is 0 Å². The molecule has 3 heteroatoms. The lowest BCUT2D eigenvalue weighted by Crippen LogP contribution is -2.20. The van der Waals surface area contributed by atoms with Crippen LogP contribution in [0.25, 0.3) is 0 Å². The molecule has 0 aromatic rings. The van der Waals surface area contributed by atoms with Crippen LogP contribution in [0.15, 0.2) is 0 Å². The molecule has 0 bridgehead atoms. The molecule has 0 saturated carbocycles. The van der Waals surface area contributed by atoms with E-state index in [0.717, 1.165) is 6.92 Å². The molecule has 0 saturated heterocycles. The lowest BCUT2D eigenvalue weighted by Gasteiger charge is -2.13. The summed E-state index contributed by atoms with van der Waals surface area (Å²) in [6.07, 6.45) is -3.39. The molecule has 0 radical (unpaired) electrons. The molecule has 0 aliphatic carbocycles. The molecule has 0 rings (SSSR count). The summed E-state index contributed by atoms with van der Waals surface area (Å²) in [5.41, 5.74) is 0. The van der Waals surface area contributed by atoms with E-state index in [2.05, 4.69) is 4.74 Å². The highest BCUT2D eigenvalue weighted by Gasteiger charge is 2.22. The monoisotopic (exact) mass is 124 g/mol. The largest absolute Gasteiger partial charge is 0.353 e. The Labute approximate surface area is 47.6 Å². The zero-order valence-electron chi connectivity index (χ0n) is 5.24. The molecule has 0 aliphatic heterocycles. The van der Waals surface area contributed by atoms with Gasteiger partial charge in [0.2, 0.25) is 0 Å². The molecule has 0 N–H and O–H groups in total. The molecule has 0 fully saturated rings. The van der Waals surface area contributed by atoms with E-state index < -0.39 is 12.2 Å². The third-order valence-electron chi connectivity index (χ3n) is 0.443. The van der Waals surface area contributed by atoms with Crippen LogP contribution in [0, 0.1) is 0 Å². The maximum Gasteiger partial charge on any atom is 0.353 e. The summed E-state index contributed by atoms with van der Waals surface area (Å²) in [7, 11) is 0. The summed E-state index contributed by atoms with van der Waals surface area (Å²) >= 11 is 0. The van der Waals surface area contributed by atoms with E-state index in [1.54, 1.807) is 13.8 Å². The van der Waals surface area contributed by atoms with Gasteiger partial charge >= 0.3 is 6.11 Å². The zero-order chi connectivity index (χ0) is 6.78. The van der Waals surface area contributed by atoms with Gasteiger partial charge in [0.05, 0.1) is 6.10 Å². The number of rotatable bonds is 2. The van der Waals surface area contributed by atoms with E-state index in [-0.39, 0.29) is 0 Å². The molecule has 0 aromatic heterocycles. The Balaban J connectivity index is 3.39. The Kier molecular flexibility index (Phi) is 2.34. The molecule has 0 aliphatic rings. The normalized spacial score (nSPS) is 12.8. The Morgan fingerprint density at radius 2 is 1.75 bits per heavy atom. The molecule has 0 spiro atoms. The molecule has 0 heterocycles. The first kappa shape index (κ1) is 7.82. The van der Waals surface area contributed by atoms with Crippen LogP contribution < -0.4 is 0 Å². The van der Waals surface area contributed by atoms with Gasteiger partial charge in [-0.15, -0.1) is 0 Å². The predicted octanol–water partition coefficient (Wildman–Crippen LogP) is 2.02. The molecule has 0 unspecified atom stereocenters. The number of hydrogen-bond donors (Lipinski definition) is 0. The number of ether oxygens (including phenoxy) is 1. The maximum atomic E-state index is 11.8. The second-order valence-electron chi connectivity index (χ2n) is 1.97. The van der Waals surface area contributed by atoms with Gasteiger partial charge in [-0.05, 0) is 13.8 Å². The third kappa shape index (κ3) is 5.82. The highest BCUT2D eigenvalue weighted by Crippen LogP contribution is 2.14. The average Bonchev–Trinajstić information content (AvgIpc) is 1.21. The molecule has 8 heavy (non-hydrogen) atoms. The highest BCUT2D eigenvalue weighted by molar-refractivity contribution is 4.42. The standard InChI is InChI=1S/C5H10F2O/c1-4(2)8-5(3,6)7/h4H,1-3H3. The van der Waals surface area contributed by atoms with Crippen molar-refractivity contribution in [1.29, 1.82) is 0 Å². The van der Waals surface area contributed by atoms with Gasteiger partial charge < -0.3 is 4.74 Å². The fourth-order valence-corrected chi connectivity index (χ4v) is 0.414. The third-order valence-corrected chi connectivity index (χ3v) is 0.443. The first-order valence-electron chi connectivity index (χ1n) is 2.47. The van der Waals surface area contributed by atoms with Crippen molar-refractivity contribution in [3.05, 3.63) is 0 Å². The van der Waals surface area contributed by atoms with E-state index >= 15 is 0 Å². The van der Waals surface area contributed by atoms with Crippen LogP contribution in [0.5, 0.6) is 0 Å². The van der Waals surface area contributed by atoms with E-state index in [1.165, 1.54) is 0 Å². The fourth-order valence-electron chi connectivity index (χ4n) is 0.414. The first-order chi connectivity index (χ1) is 3.42. The Morgan fingerprint density at radius 1 is 1.38 bits per heavy atom.